The van der Waals surface area contributed by atoms with Gasteiger partial charge in [0.2, 0.25) is 27.7 Å². The third-order valence-corrected chi connectivity index (χ3v) is 12.7. The van der Waals surface area contributed by atoms with Crippen molar-refractivity contribution in [2.45, 2.75) is 99.6 Å². The minimum Gasteiger partial charge on any atom is -0.472 e. The highest BCUT2D eigenvalue weighted by Crippen LogP contribution is 2.45. The Morgan fingerprint density at radius 1 is 1.08 bits per heavy atom. The Balaban J connectivity index is 1.20. The number of allylic oxidation sites excluding steroid dienone is 1. The van der Waals surface area contributed by atoms with Crippen LogP contribution in [-0.2, 0) is 29.1 Å². The van der Waals surface area contributed by atoms with E-state index in [0.29, 0.717) is 25.1 Å². The smallest absolute Gasteiger partial charge is 0.407 e. The largest absolute Gasteiger partial charge is 0.472 e. The minimum absolute atomic E-state index is 0.0225. The second kappa shape index (κ2) is 14.3. The van der Waals surface area contributed by atoms with Crippen molar-refractivity contribution in [2.75, 3.05) is 13.2 Å². The quantitative estimate of drug-likeness (QED) is 0.361. The Morgan fingerprint density at radius 3 is 2.63 bits per heavy atom. The number of sulfonamides is 1. The molecule has 3 N–H and O–H groups in total. The van der Waals surface area contributed by atoms with Crippen molar-refractivity contribution in [3.63, 3.8) is 0 Å². The third kappa shape index (κ3) is 7.46. The number of fused-ring (bicyclic) bond motifs is 3. The molecule has 1 aromatic carbocycles. The summed E-state index contributed by atoms with van der Waals surface area (Å²) in [5.41, 5.74) is -0.560. The number of pyridine rings is 1. The number of carbonyl (C=O) groups excluding carboxylic acids is 4. The lowest BCUT2D eigenvalue weighted by Crippen LogP contribution is -2.59. The van der Waals surface area contributed by atoms with Crippen LogP contribution in [0.15, 0.2) is 49.2 Å². The van der Waals surface area contributed by atoms with Crippen molar-refractivity contribution in [3.8, 4) is 5.88 Å². The zero-order valence-electron chi connectivity index (χ0n) is 28.6. The van der Waals surface area contributed by atoms with Gasteiger partial charge in [-0.15, -0.1) is 6.58 Å². The average molecular weight is 720 g/mol. The van der Waals surface area contributed by atoms with Crippen molar-refractivity contribution in [1.82, 2.24) is 25.2 Å². The van der Waals surface area contributed by atoms with Gasteiger partial charge in [-0.1, -0.05) is 43.2 Å². The minimum atomic E-state index is -3.88. The van der Waals surface area contributed by atoms with Crippen LogP contribution in [-0.4, -0.2) is 84.2 Å². The number of nitrogens with one attached hydrogen (secondary N) is 3. The lowest BCUT2D eigenvalue weighted by molar-refractivity contribution is -0.142. The standard InChI is InChI=1S/C37H45N5O8S/c1-2-26-21-37(26,35(45)41-51(47,48)28-14-15-28)40-32(43)30-20-27-22-42(30)34(44)31(25-10-6-7-11-25)39-36(46)49-18-8-4-3-5-9-23-12-13-24-16-17-38-33(50-27)29(24)19-23/h2,5,9,12-13,16-17,19,25-28,30-31H,1,3-4,6-8,10-11,14-15,18,20-22H2,(H,39,46)(H,40,43)(H,41,45)/b9-5+/t26-,27-,30+,31+,37?/m1/s1. The molecule has 4 bridgehead atoms. The maximum Gasteiger partial charge on any atom is 0.407 e. The first-order chi connectivity index (χ1) is 24.6. The van der Waals surface area contributed by atoms with Crippen LogP contribution in [0.4, 0.5) is 4.79 Å². The fourth-order valence-corrected chi connectivity index (χ4v) is 9.04. The van der Waals surface area contributed by atoms with Crippen molar-refractivity contribution >= 4 is 50.7 Å². The molecule has 1 saturated heterocycles. The molecule has 14 heteroatoms. The number of nitrogens with zero attached hydrogens (tertiary/aromatic N) is 2. The van der Waals surface area contributed by atoms with Crippen LogP contribution < -0.4 is 20.1 Å². The summed E-state index contributed by atoms with van der Waals surface area (Å²) in [4.78, 5) is 61.3. The van der Waals surface area contributed by atoms with Gasteiger partial charge in [-0.25, -0.2) is 18.2 Å². The number of carbonyl (C=O) groups is 4. The average Bonchev–Trinajstić information content (AvgIpc) is 3.99. The summed E-state index contributed by atoms with van der Waals surface area (Å²) < 4.78 is 39.5. The van der Waals surface area contributed by atoms with E-state index < -0.39 is 68.7 Å². The summed E-state index contributed by atoms with van der Waals surface area (Å²) in [7, 11) is -3.88. The van der Waals surface area contributed by atoms with Crippen molar-refractivity contribution < 1.29 is 37.1 Å². The summed E-state index contributed by atoms with van der Waals surface area (Å²) in [6.45, 7) is 4.01. The second-order valence-corrected chi connectivity index (χ2v) is 16.4. The molecule has 3 heterocycles. The number of hydrogen-bond donors (Lipinski definition) is 3. The summed E-state index contributed by atoms with van der Waals surface area (Å²) in [5.74, 6) is -2.15. The number of rotatable bonds is 7. The van der Waals surface area contributed by atoms with Gasteiger partial charge in [0.05, 0.1) is 18.4 Å². The number of hydrogen-bond acceptors (Lipinski definition) is 9. The highest BCUT2D eigenvalue weighted by Gasteiger charge is 2.62. The SMILES string of the molecule is C=C[C@@H]1CC1(NC(=O)[C@@H]1C[C@@H]2CN1C(=O)[C@H](C1CCCC1)NC(=O)OCCCC/C=C/c1ccc3ccnc(c3c1)O2)C(=O)NS(=O)(=O)C1CC1. The first-order valence-electron chi connectivity index (χ1n) is 18.0. The van der Waals surface area contributed by atoms with Gasteiger partial charge in [0, 0.05) is 23.9 Å². The van der Waals surface area contributed by atoms with E-state index in [-0.39, 0.29) is 31.9 Å². The van der Waals surface area contributed by atoms with Gasteiger partial charge in [-0.3, -0.25) is 19.1 Å². The number of ether oxygens (including phenoxy) is 2. The van der Waals surface area contributed by atoms with E-state index in [4.69, 9.17) is 9.47 Å². The van der Waals surface area contributed by atoms with Crippen LogP contribution in [0.1, 0.15) is 76.2 Å². The fourth-order valence-electron chi connectivity index (χ4n) is 7.68. The molecule has 2 aliphatic heterocycles. The molecule has 2 aromatic rings. The third-order valence-electron chi connectivity index (χ3n) is 10.8. The van der Waals surface area contributed by atoms with E-state index in [2.05, 4.69) is 33.0 Å². The molecule has 5 aliphatic rings. The molecule has 51 heavy (non-hydrogen) atoms. The molecule has 272 valence electrons. The number of benzene rings is 1. The maximum absolute atomic E-state index is 14.5. The van der Waals surface area contributed by atoms with E-state index in [1.54, 1.807) is 6.20 Å². The van der Waals surface area contributed by atoms with E-state index in [0.717, 1.165) is 54.9 Å². The number of alkyl carbamates (subject to hydrolysis) is 1. The Labute approximate surface area is 297 Å². The Hall–Kier alpha value is -4.46. The van der Waals surface area contributed by atoms with Gasteiger partial charge in [0.25, 0.3) is 5.91 Å². The van der Waals surface area contributed by atoms with Gasteiger partial charge >= 0.3 is 6.09 Å². The van der Waals surface area contributed by atoms with Gasteiger partial charge in [-0.2, -0.15) is 0 Å². The Bertz CT molecular complexity index is 1860. The fraction of sp³-hybridized carbons (Fsp3) is 0.541. The summed E-state index contributed by atoms with van der Waals surface area (Å²) >= 11 is 0. The van der Waals surface area contributed by atoms with Crippen molar-refractivity contribution in [3.05, 3.63) is 54.8 Å². The second-order valence-electron chi connectivity index (χ2n) is 14.5. The van der Waals surface area contributed by atoms with E-state index >= 15 is 0 Å². The molecule has 4 fully saturated rings. The zero-order chi connectivity index (χ0) is 35.8. The molecule has 1 unspecified atom stereocenters. The number of amides is 4. The van der Waals surface area contributed by atoms with Gasteiger partial charge in [-0.05, 0) is 80.4 Å². The first-order valence-corrected chi connectivity index (χ1v) is 19.6. The first kappa shape index (κ1) is 35.0. The summed E-state index contributed by atoms with van der Waals surface area (Å²) in [6, 6.07) is 5.87. The van der Waals surface area contributed by atoms with Crippen LogP contribution in [0.25, 0.3) is 16.8 Å². The van der Waals surface area contributed by atoms with Crippen LogP contribution in [0, 0.1) is 11.8 Å². The summed E-state index contributed by atoms with van der Waals surface area (Å²) in [6.07, 6.45) is 12.7. The molecule has 1 aromatic heterocycles. The zero-order valence-corrected chi connectivity index (χ0v) is 29.4. The maximum atomic E-state index is 14.5. The van der Waals surface area contributed by atoms with Crippen LogP contribution in [0.2, 0.25) is 0 Å². The van der Waals surface area contributed by atoms with E-state index in [9.17, 15) is 27.6 Å². The molecule has 7 rings (SSSR count). The van der Waals surface area contributed by atoms with Crippen LogP contribution in [0.5, 0.6) is 5.88 Å². The Kier molecular flexibility index (Phi) is 9.79. The van der Waals surface area contributed by atoms with Crippen LogP contribution >= 0.6 is 0 Å². The lowest BCUT2D eigenvalue weighted by Gasteiger charge is -2.32. The van der Waals surface area contributed by atoms with E-state index in [1.165, 1.54) is 11.0 Å². The molecular formula is C37H45N5O8S. The van der Waals surface area contributed by atoms with Crippen LogP contribution in [0.3, 0.4) is 0 Å². The molecule has 3 saturated carbocycles. The number of aromatic nitrogens is 1. The molecule has 3 aliphatic carbocycles. The van der Waals surface area contributed by atoms with Gasteiger partial charge in [0.1, 0.15) is 23.7 Å². The molecular weight excluding hydrogens is 675 g/mol. The lowest BCUT2D eigenvalue weighted by atomic mass is 9.96. The molecule has 4 amide bonds. The normalized spacial score (nSPS) is 29.5. The monoisotopic (exact) mass is 719 g/mol. The predicted octanol–water partition coefficient (Wildman–Crippen LogP) is 3.73. The highest BCUT2D eigenvalue weighted by molar-refractivity contribution is 7.91. The number of cyclic esters (lactones) is 1. The molecule has 0 spiro atoms. The summed E-state index contributed by atoms with van der Waals surface area (Å²) in [5, 5.41) is 6.73. The molecule has 0 radical (unpaired) electrons. The topological polar surface area (TPSA) is 173 Å². The van der Waals surface area contributed by atoms with Gasteiger partial charge in [0.15, 0.2) is 0 Å². The highest BCUT2D eigenvalue weighted by atomic mass is 32.2. The molecule has 13 nitrogen and oxygen atoms in total. The Morgan fingerprint density at radius 2 is 1.88 bits per heavy atom. The predicted molar refractivity (Wildman–Crippen MR) is 189 cm³/mol. The molecule has 5 atom stereocenters. The van der Waals surface area contributed by atoms with Gasteiger partial charge < -0.3 is 25.0 Å². The van der Waals surface area contributed by atoms with Crippen molar-refractivity contribution in [2.24, 2.45) is 11.8 Å². The van der Waals surface area contributed by atoms with E-state index in [1.807, 2.05) is 30.3 Å². The van der Waals surface area contributed by atoms with Crippen molar-refractivity contribution in [1.29, 1.82) is 0 Å².